The average molecular weight is 440 g/mol. The Balaban J connectivity index is 1.56. The largest absolute Gasteiger partial charge is 0.379 e. The van der Waals surface area contributed by atoms with Crippen LogP contribution in [0.25, 0.3) is 6.08 Å². The Kier molecular flexibility index (Phi) is 7.28. The number of thioether (sulfide) groups is 2. The minimum absolute atomic E-state index is 0.0249. The summed E-state index contributed by atoms with van der Waals surface area (Å²) in [6.45, 7) is 4.77. The van der Waals surface area contributed by atoms with Gasteiger partial charge in [-0.1, -0.05) is 30.3 Å². The molecule has 2 aliphatic rings. The third-order valence-corrected chi connectivity index (χ3v) is 6.78. The summed E-state index contributed by atoms with van der Waals surface area (Å²) in [6.07, 6.45) is 4.02. The molecule has 0 saturated carbocycles. The molecule has 1 amide bonds. The number of carbonyl (C=O) groups excluding carboxylic acids is 1. The Bertz CT molecular complexity index is 923. The Labute approximate surface area is 186 Å². The van der Waals surface area contributed by atoms with Crippen LogP contribution in [0.15, 0.2) is 69.4 Å². The highest BCUT2D eigenvalue weighted by Gasteiger charge is 2.33. The van der Waals surface area contributed by atoms with Crippen LogP contribution < -0.4 is 0 Å². The number of amides is 1. The first-order chi connectivity index (χ1) is 14.7. The third kappa shape index (κ3) is 5.35. The van der Waals surface area contributed by atoms with Crippen LogP contribution in [0.2, 0.25) is 0 Å². The number of carbonyl (C=O) groups is 1. The van der Waals surface area contributed by atoms with E-state index >= 15 is 0 Å². The van der Waals surface area contributed by atoms with Gasteiger partial charge in [0.05, 0.1) is 23.8 Å². The summed E-state index contributed by atoms with van der Waals surface area (Å²) in [6, 6.07) is 18.1. The molecule has 30 heavy (non-hydrogen) atoms. The van der Waals surface area contributed by atoms with Crippen LogP contribution in [-0.4, -0.2) is 66.5 Å². The highest BCUT2D eigenvalue weighted by molar-refractivity contribution is 8.18. The van der Waals surface area contributed by atoms with Crippen molar-refractivity contribution in [2.75, 3.05) is 45.6 Å². The second-order valence-corrected chi connectivity index (χ2v) is 8.91. The fraction of sp³-hybridized carbons (Fsp3) is 0.304. The van der Waals surface area contributed by atoms with E-state index in [0.717, 1.165) is 49.3 Å². The van der Waals surface area contributed by atoms with E-state index in [-0.39, 0.29) is 5.91 Å². The molecule has 2 aromatic carbocycles. The molecule has 0 unspecified atom stereocenters. The lowest BCUT2D eigenvalue weighted by Gasteiger charge is -2.28. The van der Waals surface area contributed by atoms with Gasteiger partial charge in [0, 0.05) is 31.1 Å². The van der Waals surface area contributed by atoms with Crippen LogP contribution in [0, 0.1) is 0 Å². The van der Waals surface area contributed by atoms with Crippen molar-refractivity contribution in [3.8, 4) is 0 Å². The van der Waals surface area contributed by atoms with Crippen LogP contribution in [0.3, 0.4) is 0 Å². The minimum Gasteiger partial charge on any atom is -0.379 e. The van der Waals surface area contributed by atoms with Crippen LogP contribution in [0.4, 0.5) is 5.69 Å². The van der Waals surface area contributed by atoms with E-state index in [1.165, 1.54) is 16.7 Å². The summed E-state index contributed by atoms with van der Waals surface area (Å²) in [5.41, 5.74) is 1.88. The van der Waals surface area contributed by atoms with Gasteiger partial charge >= 0.3 is 0 Å². The van der Waals surface area contributed by atoms with Gasteiger partial charge in [0.15, 0.2) is 5.17 Å². The van der Waals surface area contributed by atoms with Crippen molar-refractivity contribution in [2.24, 2.45) is 4.99 Å². The van der Waals surface area contributed by atoms with E-state index in [2.05, 4.69) is 35.4 Å². The van der Waals surface area contributed by atoms with E-state index in [4.69, 9.17) is 9.73 Å². The first-order valence-electron chi connectivity index (χ1n) is 10.0. The SMILES string of the molecule is CSc1ccc(C=C2SC(=Nc3ccccc3)N(CCN3CCOCC3)C2=O)cc1. The van der Waals surface area contributed by atoms with Crippen LogP contribution in [-0.2, 0) is 9.53 Å². The van der Waals surface area contributed by atoms with Gasteiger partial charge in [-0.25, -0.2) is 4.99 Å². The zero-order valence-corrected chi connectivity index (χ0v) is 18.6. The summed E-state index contributed by atoms with van der Waals surface area (Å²) in [4.78, 5) is 24.1. The van der Waals surface area contributed by atoms with Crippen LogP contribution in [0.1, 0.15) is 5.56 Å². The predicted octanol–water partition coefficient (Wildman–Crippen LogP) is 4.34. The number of hydrogen-bond donors (Lipinski definition) is 0. The van der Waals surface area contributed by atoms with Gasteiger partial charge in [-0.05, 0) is 53.9 Å². The monoisotopic (exact) mass is 439 g/mol. The molecule has 2 heterocycles. The van der Waals surface area contributed by atoms with Gasteiger partial charge in [-0.15, -0.1) is 11.8 Å². The Morgan fingerprint density at radius 2 is 1.80 bits per heavy atom. The molecule has 0 spiro atoms. The summed E-state index contributed by atoms with van der Waals surface area (Å²) < 4.78 is 5.43. The molecule has 0 atom stereocenters. The zero-order chi connectivity index (χ0) is 20.8. The maximum Gasteiger partial charge on any atom is 0.266 e. The normalized spacial score (nSPS) is 20.4. The summed E-state index contributed by atoms with van der Waals surface area (Å²) in [5, 5.41) is 0.742. The first-order valence-corrected chi connectivity index (χ1v) is 12.1. The number of ether oxygens (including phenoxy) is 1. The number of amidine groups is 1. The molecular weight excluding hydrogens is 414 g/mol. The number of nitrogens with zero attached hydrogens (tertiary/aromatic N) is 3. The molecule has 0 aliphatic carbocycles. The predicted molar refractivity (Wildman–Crippen MR) is 126 cm³/mol. The highest BCUT2D eigenvalue weighted by atomic mass is 32.2. The number of rotatable bonds is 6. The van der Waals surface area contributed by atoms with E-state index in [9.17, 15) is 4.79 Å². The Morgan fingerprint density at radius 3 is 2.50 bits per heavy atom. The highest BCUT2D eigenvalue weighted by Crippen LogP contribution is 2.34. The summed E-state index contributed by atoms with van der Waals surface area (Å²) in [7, 11) is 0. The molecule has 156 valence electrons. The molecule has 5 nitrogen and oxygen atoms in total. The topological polar surface area (TPSA) is 45.1 Å². The van der Waals surface area contributed by atoms with Crippen LogP contribution >= 0.6 is 23.5 Å². The quantitative estimate of drug-likeness (QED) is 0.495. The molecule has 0 radical (unpaired) electrons. The number of benzene rings is 2. The molecule has 2 aromatic rings. The number of para-hydroxylation sites is 1. The van der Waals surface area contributed by atoms with Gasteiger partial charge in [0.2, 0.25) is 0 Å². The molecule has 7 heteroatoms. The van der Waals surface area contributed by atoms with Gasteiger partial charge in [0.25, 0.3) is 5.91 Å². The van der Waals surface area contributed by atoms with E-state index in [1.54, 1.807) is 11.8 Å². The van der Waals surface area contributed by atoms with Gasteiger partial charge in [0.1, 0.15) is 0 Å². The molecule has 4 rings (SSSR count). The molecule has 0 bridgehead atoms. The van der Waals surface area contributed by atoms with E-state index in [0.29, 0.717) is 11.4 Å². The van der Waals surface area contributed by atoms with Gasteiger partial charge < -0.3 is 4.74 Å². The standard InChI is InChI=1S/C23H25N3O2S2/c1-29-20-9-7-18(8-10-20)17-21-22(27)26(12-11-25-13-15-28-16-14-25)23(30-21)24-19-5-3-2-4-6-19/h2-10,17H,11-16H2,1H3. The Morgan fingerprint density at radius 1 is 1.07 bits per heavy atom. The molecule has 0 aromatic heterocycles. The van der Waals surface area contributed by atoms with Crippen molar-refractivity contribution in [3.63, 3.8) is 0 Å². The van der Waals surface area contributed by atoms with Crippen molar-refractivity contribution < 1.29 is 9.53 Å². The first kappa shape index (κ1) is 21.2. The lowest BCUT2D eigenvalue weighted by atomic mass is 10.2. The van der Waals surface area contributed by atoms with Crippen LogP contribution in [0.5, 0.6) is 0 Å². The zero-order valence-electron chi connectivity index (χ0n) is 17.0. The fourth-order valence-electron chi connectivity index (χ4n) is 3.32. The van der Waals surface area contributed by atoms with Gasteiger partial charge in [-0.3, -0.25) is 14.6 Å². The number of hydrogen-bond acceptors (Lipinski definition) is 6. The molecule has 0 N–H and O–H groups in total. The van der Waals surface area contributed by atoms with Crippen molar-refractivity contribution in [3.05, 3.63) is 65.1 Å². The van der Waals surface area contributed by atoms with E-state index in [1.807, 2.05) is 41.3 Å². The second-order valence-electron chi connectivity index (χ2n) is 7.02. The minimum atomic E-state index is 0.0249. The van der Waals surface area contributed by atoms with Crippen molar-refractivity contribution in [2.45, 2.75) is 4.90 Å². The van der Waals surface area contributed by atoms with Crippen molar-refractivity contribution >= 4 is 46.4 Å². The van der Waals surface area contributed by atoms with Gasteiger partial charge in [-0.2, -0.15) is 0 Å². The van der Waals surface area contributed by atoms with Crippen molar-refractivity contribution in [1.82, 2.24) is 9.80 Å². The maximum absolute atomic E-state index is 13.2. The fourth-order valence-corrected chi connectivity index (χ4v) is 4.75. The molecular formula is C23H25N3O2S2. The average Bonchev–Trinajstić information content (AvgIpc) is 3.08. The maximum atomic E-state index is 13.2. The second kappa shape index (κ2) is 10.3. The van der Waals surface area contributed by atoms with Crippen molar-refractivity contribution in [1.29, 1.82) is 0 Å². The third-order valence-electron chi connectivity index (χ3n) is 5.03. The number of aliphatic imine (C=N–C) groups is 1. The molecule has 2 fully saturated rings. The molecule has 2 aliphatic heterocycles. The summed E-state index contributed by atoms with van der Waals surface area (Å²) in [5.74, 6) is 0.0249. The lowest BCUT2D eigenvalue weighted by Crippen LogP contribution is -2.42. The Hall–Kier alpha value is -2.06. The molecule has 2 saturated heterocycles. The number of morpholine rings is 1. The van der Waals surface area contributed by atoms with E-state index < -0.39 is 0 Å². The smallest absolute Gasteiger partial charge is 0.266 e. The summed E-state index contributed by atoms with van der Waals surface area (Å²) >= 11 is 3.16. The lowest BCUT2D eigenvalue weighted by molar-refractivity contribution is -0.122.